The van der Waals surface area contributed by atoms with Gasteiger partial charge in [-0.2, -0.15) is 0 Å². The minimum Gasteiger partial charge on any atom is -0.0853 e. The fourth-order valence-corrected chi connectivity index (χ4v) is 2.77. The molecule has 2 aromatic rings. The van der Waals surface area contributed by atoms with Crippen molar-refractivity contribution in [2.45, 2.75) is 32.1 Å². The molecule has 0 heteroatoms. The Hall–Kier alpha value is -1.56. The molecule has 0 fully saturated rings. The second-order valence-corrected chi connectivity index (χ2v) is 4.89. The molecule has 0 aromatic heterocycles. The number of allylic oxidation sites excluding steroid dienone is 2. The molecule has 2 aromatic carbocycles. The predicted octanol–water partition coefficient (Wildman–Crippen LogP) is 4.88. The molecule has 17 heavy (non-hydrogen) atoms. The summed E-state index contributed by atoms with van der Waals surface area (Å²) in [5.41, 5.74) is 3.16. The van der Waals surface area contributed by atoms with Crippen molar-refractivity contribution in [3.05, 3.63) is 59.7 Å². The largest absolute Gasteiger partial charge is 0.0853 e. The normalized spacial score (nSPS) is 15.2. The van der Waals surface area contributed by atoms with Crippen molar-refractivity contribution in [2.75, 3.05) is 0 Å². The van der Waals surface area contributed by atoms with Crippen LogP contribution in [0.4, 0.5) is 0 Å². The summed E-state index contributed by atoms with van der Waals surface area (Å²) < 4.78 is 0. The first-order valence-corrected chi connectivity index (χ1v) is 6.58. The number of aryl methyl sites for hydroxylation is 1. The monoisotopic (exact) mass is 222 g/mol. The summed E-state index contributed by atoms with van der Waals surface area (Å²) in [6, 6.07) is 15.4. The average Bonchev–Trinajstić information content (AvgIpc) is 2.89. The highest BCUT2D eigenvalue weighted by Crippen LogP contribution is 2.25. The van der Waals surface area contributed by atoms with Gasteiger partial charge in [-0.3, -0.25) is 0 Å². The highest BCUT2D eigenvalue weighted by molar-refractivity contribution is 5.85. The van der Waals surface area contributed by atoms with E-state index in [9.17, 15) is 0 Å². The van der Waals surface area contributed by atoms with Gasteiger partial charge in [-0.25, -0.2) is 0 Å². The minimum atomic E-state index is 1.19. The molecule has 0 aliphatic heterocycles. The van der Waals surface area contributed by atoms with E-state index in [-0.39, 0.29) is 0 Å². The molecule has 0 saturated heterocycles. The summed E-state index contributed by atoms with van der Waals surface area (Å²) >= 11 is 0. The van der Waals surface area contributed by atoms with Gasteiger partial charge in [0.1, 0.15) is 0 Å². The second kappa shape index (κ2) is 4.75. The van der Waals surface area contributed by atoms with E-state index in [2.05, 4.69) is 48.5 Å². The first-order chi connectivity index (χ1) is 8.43. The van der Waals surface area contributed by atoms with Gasteiger partial charge in [0.05, 0.1) is 0 Å². The van der Waals surface area contributed by atoms with E-state index in [4.69, 9.17) is 0 Å². The Morgan fingerprint density at radius 2 is 1.76 bits per heavy atom. The molecule has 1 aliphatic rings. The van der Waals surface area contributed by atoms with E-state index in [1.54, 1.807) is 5.57 Å². The smallest absolute Gasteiger partial charge is 0.0152 e. The zero-order valence-electron chi connectivity index (χ0n) is 10.2. The summed E-state index contributed by atoms with van der Waals surface area (Å²) in [5.74, 6) is 0. The van der Waals surface area contributed by atoms with E-state index in [1.807, 2.05) is 0 Å². The molecule has 0 nitrogen and oxygen atoms in total. The van der Waals surface area contributed by atoms with E-state index < -0.39 is 0 Å². The van der Waals surface area contributed by atoms with Crippen LogP contribution < -0.4 is 0 Å². The van der Waals surface area contributed by atoms with Gasteiger partial charge in [0, 0.05) is 0 Å². The van der Waals surface area contributed by atoms with Gasteiger partial charge >= 0.3 is 0 Å². The van der Waals surface area contributed by atoms with Crippen LogP contribution in [-0.4, -0.2) is 0 Å². The minimum absolute atomic E-state index is 1.19. The van der Waals surface area contributed by atoms with Crippen molar-refractivity contribution in [1.82, 2.24) is 0 Å². The summed E-state index contributed by atoms with van der Waals surface area (Å²) in [4.78, 5) is 0. The number of benzene rings is 2. The lowest BCUT2D eigenvalue weighted by atomic mass is 9.98. The Morgan fingerprint density at radius 1 is 0.882 bits per heavy atom. The maximum absolute atomic E-state index is 2.44. The van der Waals surface area contributed by atoms with Crippen molar-refractivity contribution in [2.24, 2.45) is 0 Å². The molecule has 86 valence electrons. The summed E-state index contributed by atoms with van der Waals surface area (Å²) in [7, 11) is 0. The Morgan fingerprint density at radius 3 is 2.65 bits per heavy atom. The van der Waals surface area contributed by atoms with E-state index in [1.165, 1.54) is 48.4 Å². The Kier molecular flexibility index (Phi) is 2.96. The SMILES string of the molecule is C1=C(CCc2cccc3ccccc23)CCC1. The Bertz CT molecular complexity index is 543. The van der Waals surface area contributed by atoms with Crippen molar-refractivity contribution in [1.29, 1.82) is 0 Å². The molecule has 1 aliphatic carbocycles. The van der Waals surface area contributed by atoms with Crippen LogP contribution in [0.25, 0.3) is 10.8 Å². The first kappa shape index (κ1) is 10.6. The fraction of sp³-hybridized carbons (Fsp3) is 0.294. The van der Waals surface area contributed by atoms with Crippen LogP contribution >= 0.6 is 0 Å². The molecule has 0 saturated carbocycles. The summed E-state index contributed by atoms with van der Waals surface area (Å²) in [6.45, 7) is 0. The maximum atomic E-state index is 2.44. The van der Waals surface area contributed by atoms with Gasteiger partial charge in [-0.15, -0.1) is 0 Å². The third-order valence-electron chi connectivity index (χ3n) is 3.73. The van der Waals surface area contributed by atoms with Crippen LogP contribution in [0.2, 0.25) is 0 Å². The van der Waals surface area contributed by atoms with Gasteiger partial charge in [-0.05, 0) is 48.4 Å². The average molecular weight is 222 g/mol. The van der Waals surface area contributed by atoms with E-state index >= 15 is 0 Å². The lowest BCUT2D eigenvalue weighted by Crippen LogP contribution is -1.89. The van der Waals surface area contributed by atoms with Gasteiger partial charge in [0.2, 0.25) is 0 Å². The molecule has 0 unspecified atom stereocenters. The van der Waals surface area contributed by atoms with Gasteiger partial charge < -0.3 is 0 Å². The summed E-state index contributed by atoms with van der Waals surface area (Å²) in [6.07, 6.45) is 8.85. The molecule has 0 atom stereocenters. The maximum Gasteiger partial charge on any atom is -0.0152 e. The van der Waals surface area contributed by atoms with Crippen molar-refractivity contribution < 1.29 is 0 Å². The topological polar surface area (TPSA) is 0 Å². The molecule has 0 heterocycles. The van der Waals surface area contributed by atoms with Crippen LogP contribution in [0.1, 0.15) is 31.2 Å². The highest BCUT2D eigenvalue weighted by Gasteiger charge is 2.06. The van der Waals surface area contributed by atoms with Gasteiger partial charge in [0.25, 0.3) is 0 Å². The predicted molar refractivity (Wildman–Crippen MR) is 74.2 cm³/mol. The molecule has 0 amide bonds. The second-order valence-electron chi connectivity index (χ2n) is 4.89. The number of hydrogen-bond donors (Lipinski definition) is 0. The zero-order chi connectivity index (χ0) is 11.5. The zero-order valence-corrected chi connectivity index (χ0v) is 10.2. The van der Waals surface area contributed by atoms with Crippen molar-refractivity contribution in [3.63, 3.8) is 0 Å². The molecular weight excluding hydrogens is 204 g/mol. The van der Waals surface area contributed by atoms with Gasteiger partial charge in [0.15, 0.2) is 0 Å². The van der Waals surface area contributed by atoms with Crippen LogP contribution in [0.3, 0.4) is 0 Å². The molecule has 0 bridgehead atoms. The van der Waals surface area contributed by atoms with Crippen LogP contribution in [-0.2, 0) is 6.42 Å². The number of fused-ring (bicyclic) bond motifs is 1. The Labute approximate surface area is 103 Å². The van der Waals surface area contributed by atoms with Crippen LogP contribution in [0.5, 0.6) is 0 Å². The van der Waals surface area contributed by atoms with Crippen LogP contribution in [0, 0.1) is 0 Å². The first-order valence-electron chi connectivity index (χ1n) is 6.58. The molecular formula is C17H18. The molecule has 3 rings (SSSR count). The number of rotatable bonds is 3. The van der Waals surface area contributed by atoms with Crippen molar-refractivity contribution in [3.8, 4) is 0 Å². The highest BCUT2D eigenvalue weighted by atomic mass is 14.1. The van der Waals surface area contributed by atoms with Crippen LogP contribution in [0.15, 0.2) is 54.1 Å². The fourth-order valence-electron chi connectivity index (χ4n) is 2.77. The Balaban J connectivity index is 1.84. The third-order valence-corrected chi connectivity index (χ3v) is 3.73. The quantitative estimate of drug-likeness (QED) is 0.649. The number of hydrogen-bond acceptors (Lipinski definition) is 0. The van der Waals surface area contributed by atoms with Gasteiger partial charge in [-0.1, -0.05) is 54.1 Å². The standard InChI is InChI=1S/C17H18/c1-2-7-14(6-1)12-13-16-10-5-9-15-8-3-4-11-17(15)16/h3-6,8-11H,1-2,7,12-13H2. The molecule has 0 N–H and O–H groups in total. The molecule has 0 radical (unpaired) electrons. The van der Waals surface area contributed by atoms with Crippen molar-refractivity contribution >= 4 is 10.8 Å². The van der Waals surface area contributed by atoms with E-state index in [0.29, 0.717) is 0 Å². The third kappa shape index (κ3) is 2.26. The lowest BCUT2D eigenvalue weighted by Gasteiger charge is -2.07. The lowest BCUT2D eigenvalue weighted by molar-refractivity contribution is 0.847. The van der Waals surface area contributed by atoms with E-state index in [0.717, 1.165) is 0 Å². The summed E-state index contributed by atoms with van der Waals surface area (Å²) in [5, 5.41) is 2.79. The molecule has 0 spiro atoms.